The van der Waals surface area contributed by atoms with Crippen LogP contribution in [0.15, 0.2) is 42.5 Å². The van der Waals surface area contributed by atoms with E-state index in [-0.39, 0.29) is 18.0 Å². The van der Waals surface area contributed by atoms with Gasteiger partial charge in [0.2, 0.25) is 12.7 Å². The highest BCUT2D eigenvalue weighted by Crippen LogP contribution is 2.34. The van der Waals surface area contributed by atoms with Crippen LogP contribution in [0.25, 0.3) is 0 Å². The van der Waals surface area contributed by atoms with E-state index in [4.69, 9.17) is 9.47 Å². The summed E-state index contributed by atoms with van der Waals surface area (Å²) in [6.07, 6.45) is 2.30. The number of carbonyl (C=O) groups excluding carboxylic acids is 2. The molecule has 0 spiro atoms. The first-order chi connectivity index (χ1) is 14.0. The van der Waals surface area contributed by atoms with Crippen LogP contribution in [0.3, 0.4) is 0 Å². The van der Waals surface area contributed by atoms with Crippen LogP contribution >= 0.6 is 11.8 Å². The fourth-order valence-electron chi connectivity index (χ4n) is 2.71. The Morgan fingerprint density at radius 3 is 2.76 bits per heavy atom. The standard InChI is InChI=1S/C19H19N3O6S/c1-29-8-7-15(21-18(23)12-3-2-4-14(9-12)22(25)26)19(24)20-13-5-6-16-17(10-13)28-11-27-16/h2-6,9-10,15H,7-8,11H2,1H3,(H,20,24)(H,21,23)/t15-/m0/s1. The van der Waals surface area contributed by atoms with Crippen LogP contribution in [0.5, 0.6) is 11.5 Å². The summed E-state index contributed by atoms with van der Waals surface area (Å²) in [5.41, 5.74) is 0.436. The first-order valence-corrected chi connectivity index (χ1v) is 10.1. The Balaban J connectivity index is 1.71. The maximum atomic E-state index is 12.7. The summed E-state index contributed by atoms with van der Waals surface area (Å²) in [4.78, 5) is 35.6. The quantitative estimate of drug-likeness (QED) is 0.500. The van der Waals surface area contributed by atoms with E-state index in [0.29, 0.717) is 29.4 Å². The monoisotopic (exact) mass is 417 g/mol. The van der Waals surface area contributed by atoms with Crippen molar-refractivity contribution in [3.8, 4) is 11.5 Å². The van der Waals surface area contributed by atoms with Gasteiger partial charge >= 0.3 is 0 Å². The molecule has 0 saturated carbocycles. The summed E-state index contributed by atoms with van der Waals surface area (Å²) in [6.45, 7) is 0.127. The Morgan fingerprint density at radius 1 is 1.21 bits per heavy atom. The molecule has 2 aromatic rings. The predicted molar refractivity (Wildman–Crippen MR) is 109 cm³/mol. The summed E-state index contributed by atoms with van der Waals surface area (Å²) in [6, 6.07) is 9.58. The van der Waals surface area contributed by atoms with Crippen LogP contribution in [0.2, 0.25) is 0 Å². The molecule has 3 rings (SSSR count). The van der Waals surface area contributed by atoms with Crippen molar-refractivity contribution in [2.45, 2.75) is 12.5 Å². The molecule has 10 heteroatoms. The first kappa shape index (κ1) is 20.5. The zero-order valence-corrected chi connectivity index (χ0v) is 16.4. The van der Waals surface area contributed by atoms with Gasteiger partial charge in [0.1, 0.15) is 6.04 Å². The van der Waals surface area contributed by atoms with Crippen molar-refractivity contribution < 1.29 is 24.0 Å². The second-order valence-electron chi connectivity index (χ2n) is 6.17. The molecule has 1 aliphatic heterocycles. The lowest BCUT2D eigenvalue weighted by molar-refractivity contribution is -0.384. The van der Waals surface area contributed by atoms with Gasteiger partial charge in [-0.15, -0.1) is 0 Å². The van der Waals surface area contributed by atoms with Crippen molar-refractivity contribution in [3.05, 3.63) is 58.1 Å². The molecule has 29 heavy (non-hydrogen) atoms. The maximum absolute atomic E-state index is 12.7. The fourth-order valence-corrected chi connectivity index (χ4v) is 3.18. The van der Waals surface area contributed by atoms with Gasteiger partial charge in [-0.05, 0) is 36.6 Å². The Morgan fingerprint density at radius 2 is 2.00 bits per heavy atom. The third-order valence-corrected chi connectivity index (χ3v) is 4.84. The number of nitro groups is 1. The third-order valence-electron chi connectivity index (χ3n) is 4.19. The first-order valence-electron chi connectivity index (χ1n) is 8.72. The highest BCUT2D eigenvalue weighted by Gasteiger charge is 2.23. The minimum atomic E-state index is -0.806. The second-order valence-corrected chi connectivity index (χ2v) is 7.16. The van der Waals surface area contributed by atoms with Gasteiger partial charge in [0.05, 0.1) is 4.92 Å². The highest BCUT2D eigenvalue weighted by atomic mass is 32.2. The van der Waals surface area contributed by atoms with Crippen LogP contribution in [-0.2, 0) is 4.79 Å². The number of carbonyl (C=O) groups is 2. The number of nitro benzene ring substituents is 1. The van der Waals surface area contributed by atoms with E-state index in [1.54, 1.807) is 30.0 Å². The number of hydrogen-bond acceptors (Lipinski definition) is 7. The summed E-state index contributed by atoms with van der Waals surface area (Å²) >= 11 is 1.54. The molecule has 9 nitrogen and oxygen atoms in total. The molecule has 0 saturated heterocycles. The number of anilines is 1. The minimum Gasteiger partial charge on any atom is -0.454 e. The van der Waals surface area contributed by atoms with Gasteiger partial charge in [-0.25, -0.2) is 0 Å². The van der Waals surface area contributed by atoms with Crippen LogP contribution in [-0.4, -0.2) is 41.6 Å². The molecule has 1 aliphatic rings. The molecule has 0 aliphatic carbocycles. The molecular weight excluding hydrogens is 398 g/mol. The average Bonchev–Trinajstić information content (AvgIpc) is 3.18. The fraction of sp³-hybridized carbons (Fsp3) is 0.263. The number of nitrogens with zero attached hydrogens (tertiary/aromatic N) is 1. The number of amides is 2. The molecule has 1 heterocycles. The molecular formula is C19H19N3O6S. The molecule has 2 amide bonds. The summed E-state index contributed by atoms with van der Waals surface area (Å²) in [7, 11) is 0. The number of hydrogen-bond donors (Lipinski definition) is 2. The van der Waals surface area contributed by atoms with Gasteiger partial charge in [-0.1, -0.05) is 6.07 Å². The van der Waals surface area contributed by atoms with Crippen molar-refractivity contribution in [1.82, 2.24) is 5.32 Å². The molecule has 0 bridgehead atoms. The number of non-ortho nitro benzene ring substituents is 1. The van der Waals surface area contributed by atoms with E-state index in [1.165, 1.54) is 24.3 Å². The summed E-state index contributed by atoms with van der Waals surface area (Å²) in [5.74, 6) is 0.830. The van der Waals surface area contributed by atoms with Crippen LogP contribution < -0.4 is 20.1 Å². The predicted octanol–water partition coefficient (Wildman–Crippen LogP) is 2.81. The SMILES string of the molecule is CSCC[C@H](NC(=O)c1cccc([N+](=O)[O-])c1)C(=O)Nc1ccc2c(c1)OCO2. The zero-order valence-electron chi connectivity index (χ0n) is 15.5. The van der Waals surface area contributed by atoms with Gasteiger partial charge < -0.3 is 20.1 Å². The molecule has 2 aromatic carbocycles. The van der Waals surface area contributed by atoms with Gasteiger partial charge in [0.15, 0.2) is 11.5 Å². The number of thioether (sulfide) groups is 1. The van der Waals surface area contributed by atoms with Gasteiger partial charge in [-0.3, -0.25) is 19.7 Å². The van der Waals surface area contributed by atoms with Gasteiger partial charge in [0, 0.05) is 29.4 Å². The topological polar surface area (TPSA) is 120 Å². The number of nitrogens with one attached hydrogen (secondary N) is 2. The molecule has 0 unspecified atom stereocenters. The van der Waals surface area contributed by atoms with Crippen LogP contribution in [0.4, 0.5) is 11.4 Å². The Hall–Kier alpha value is -3.27. The van der Waals surface area contributed by atoms with E-state index >= 15 is 0 Å². The highest BCUT2D eigenvalue weighted by molar-refractivity contribution is 7.98. The van der Waals surface area contributed by atoms with Gasteiger partial charge in [0.25, 0.3) is 11.6 Å². The summed E-state index contributed by atoms with van der Waals surface area (Å²) < 4.78 is 10.5. The largest absolute Gasteiger partial charge is 0.454 e. The second kappa shape index (κ2) is 9.28. The normalized spacial score (nSPS) is 12.9. The third kappa shape index (κ3) is 5.17. The number of ether oxygens (including phenoxy) is 2. The average molecular weight is 417 g/mol. The Kier molecular flexibility index (Phi) is 6.55. The van der Waals surface area contributed by atoms with E-state index in [2.05, 4.69) is 10.6 Å². The maximum Gasteiger partial charge on any atom is 0.270 e. The summed E-state index contributed by atoms with van der Waals surface area (Å²) in [5, 5.41) is 16.3. The van der Waals surface area contributed by atoms with E-state index in [0.717, 1.165) is 0 Å². The Labute approximate surface area is 170 Å². The minimum absolute atomic E-state index is 0.115. The molecule has 152 valence electrons. The molecule has 0 fully saturated rings. The molecule has 1 atom stereocenters. The molecule has 2 N–H and O–H groups in total. The number of rotatable bonds is 8. The van der Waals surface area contributed by atoms with Crippen LogP contribution in [0.1, 0.15) is 16.8 Å². The van der Waals surface area contributed by atoms with Crippen molar-refractivity contribution in [3.63, 3.8) is 0 Å². The van der Waals surface area contributed by atoms with Crippen molar-refractivity contribution in [2.24, 2.45) is 0 Å². The van der Waals surface area contributed by atoms with E-state index in [1.807, 2.05) is 6.26 Å². The lowest BCUT2D eigenvalue weighted by Crippen LogP contribution is -2.44. The van der Waals surface area contributed by atoms with E-state index < -0.39 is 22.8 Å². The van der Waals surface area contributed by atoms with Crippen molar-refractivity contribution >= 4 is 35.0 Å². The number of fused-ring (bicyclic) bond motifs is 1. The lowest BCUT2D eigenvalue weighted by Gasteiger charge is -2.18. The molecule has 0 radical (unpaired) electrons. The van der Waals surface area contributed by atoms with Crippen LogP contribution in [0, 0.1) is 10.1 Å². The zero-order chi connectivity index (χ0) is 20.8. The lowest BCUT2D eigenvalue weighted by atomic mass is 10.1. The smallest absolute Gasteiger partial charge is 0.270 e. The molecule has 0 aromatic heterocycles. The van der Waals surface area contributed by atoms with Crippen molar-refractivity contribution in [1.29, 1.82) is 0 Å². The van der Waals surface area contributed by atoms with Gasteiger partial charge in [-0.2, -0.15) is 11.8 Å². The van der Waals surface area contributed by atoms with E-state index in [9.17, 15) is 19.7 Å². The number of benzene rings is 2. The Bertz CT molecular complexity index is 936. The van der Waals surface area contributed by atoms with Crippen molar-refractivity contribution in [2.75, 3.05) is 24.1 Å².